The summed E-state index contributed by atoms with van der Waals surface area (Å²) in [6, 6.07) is 11.6. The highest BCUT2D eigenvalue weighted by Gasteiger charge is 2.75. The number of thioether (sulfide) groups is 1. The van der Waals surface area contributed by atoms with E-state index < -0.39 is 22.6 Å². The highest BCUT2D eigenvalue weighted by molar-refractivity contribution is 9.09. The van der Waals surface area contributed by atoms with Crippen LogP contribution in [0.25, 0.3) is 0 Å². The molecule has 2 aromatic carbocycles. The van der Waals surface area contributed by atoms with E-state index in [2.05, 4.69) is 26.6 Å². The number of carbonyl (C=O) groups excluding carboxylic acids is 3. The van der Waals surface area contributed by atoms with Gasteiger partial charge in [-0.1, -0.05) is 39.7 Å². The molecule has 3 fully saturated rings. The number of alkyl halides is 1. The van der Waals surface area contributed by atoms with Crippen LogP contribution in [0.1, 0.15) is 18.9 Å². The van der Waals surface area contributed by atoms with Crippen molar-refractivity contribution in [2.45, 2.75) is 41.1 Å². The van der Waals surface area contributed by atoms with Crippen molar-refractivity contribution in [2.24, 2.45) is 11.8 Å². The normalized spacial score (nSPS) is 29.3. The van der Waals surface area contributed by atoms with Crippen molar-refractivity contribution in [3.8, 4) is 5.75 Å². The third-order valence-electron chi connectivity index (χ3n) is 7.58. The van der Waals surface area contributed by atoms with E-state index in [0.29, 0.717) is 35.2 Å². The maximum atomic E-state index is 13.8. The largest absolute Gasteiger partial charge is 0.494 e. The minimum Gasteiger partial charge on any atom is -0.494 e. The zero-order valence-corrected chi connectivity index (χ0v) is 24.1. The highest BCUT2D eigenvalue weighted by Crippen LogP contribution is 2.67. The second-order valence-electron chi connectivity index (χ2n) is 9.79. The maximum Gasteiger partial charge on any atom is 0.248 e. The Morgan fingerprint density at radius 1 is 1.21 bits per heavy atom. The molecule has 38 heavy (non-hydrogen) atoms. The first-order valence-corrected chi connectivity index (χ1v) is 14.7. The molecule has 5 rings (SSSR count). The molecule has 0 aromatic heterocycles. The summed E-state index contributed by atoms with van der Waals surface area (Å²) in [5.41, 5.74) is 1.90. The number of fused-ring (bicyclic) bond motifs is 1. The molecule has 3 aliphatic rings. The predicted molar refractivity (Wildman–Crippen MR) is 152 cm³/mol. The van der Waals surface area contributed by atoms with Gasteiger partial charge in [0.2, 0.25) is 17.7 Å². The van der Waals surface area contributed by atoms with E-state index in [1.54, 1.807) is 36.4 Å². The molecule has 1 spiro atoms. The number of β-amino-alcohol motifs (C(OH)–C–C–N with tert-alkyl or cyclic N) is 1. The Hall–Kier alpha value is -2.27. The van der Waals surface area contributed by atoms with Crippen LogP contribution >= 0.6 is 39.3 Å². The van der Waals surface area contributed by atoms with Crippen molar-refractivity contribution in [3.05, 3.63) is 53.1 Å². The van der Waals surface area contributed by atoms with Crippen molar-refractivity contribution in [3.63, 3.8) is 0 Å². The van der Waals surface area contributed by atoms with Gasteiger partial charge < -0.3 is 25.4 Å². The number of carbonyl (C=O) groups is 3. The van der Waals surface area contributed by atoms with Gasteiger partial charge in [-0.3, -0.25) is 14.4 Å². The molecule has 3 saturated heterocycles. The Morgan fingerprint density at radius 2 is 1.95 bits per heavy atom. The summed E-state index contributed by atoms with van der Waals surface area (Å²) in [7, 11) is 0. The Balaban J connectivity index is 1.45. The highest BCUT2D eigenvalue weighted by atomic mass is 79.9. The van der Waals surface area contributed by atoms with Crippen LogP contribution in [0.2, 0.25) is 5.02 Å². The lowest BCUT2D eigenvalue weighted by molar-refractivity contribution is -0.138. The first-order valence-electron chi connectivity index (χ1n) is 12.5. The molecule has 6 atom stereocenters. The number of para-hydroxylation sites is 1. The van der Waals surface area contributed by atoms with Gasteiger partial charge in [-0.25, -0.2) is 0 Å². The van der Waals surface area contributed by atoms with E-state index in [4.69, 9.17) is 16.3 Å². The molecule has 11 heteroatoms. The molecule has 0 radical (unpaired) electrons. The lowest BCUT2D eigenvalue weighted by Gasteiger charge is -2.35. The number of benzene rings is 2. The molecule has 3 heterocycles. The zero-order chi connectivity index (χ0) is 27.2. The van der Waals surface area contributed by atoms with Crippen molar-refractivity contribution in [2.75, 3.05) is 30.4 Å². The maximum absolute atomic E-state index is 13.8. The van der Waals surface area contributed by atoms with Crippen LogP contribution in [-0.2, 0) is 14.4 Å². The van der Waals surface area contributed by atoms with Crippen molar-refractivity contribution in [1.82, 2.24) is 4.90 Å². The van der Waals surface area contributed by atoms with Crippen LogP contribution in [0.4, 0.5) is 11.4 Å². The standard InChI is InChI=1S/C27H29BrClN3O5S/c1-3-37-16-9-7-15(8-10-16)30-24(34)19-20-26(36)32(11-12-33)23(27(20)13-17(28)22(19)38-27)25(35)31-21-14(2)5-4-6-18(21)29/h4-10,17,19-20,22-23,33H,3,11-13H2,1-2H3,(H,30,34)(H,31,35)/t17?,19-,20+,22-,23?,27?/m1/s1. The number of rotatable bonds is 8. The summed E-state index contributed by atoms with van der Waals surface area (Å²) in [6.07, 6.45) is 0.549. The van der Waals surface area contributed by atoms with Gasteiger partial charge in [0.1, 0.15) is 11.8 Å². The van der Waals surface area contributed by atoms with E-state index in [9.17, 15) is 19.5 Å². The van der Waals surface area contributed by atoms with Gasteiger partial charge in [0.25, 0.3) is 0 Å². The monoisotopic (exact) mass is 621 g/mol. The molecule has 8 nitrogen and oxygen atoms in total. The van der Waals surface area contributed by atoms with Crippen LogP contribution in [0, 0.1) is 18.8 Å². The van der Waals surface area contributed by atoms with Gasteiger partial charge in [0.15, 0.2) is 0 Å². The predicted octanol–water partition coefficient (Wildman–Crippen LogP) is 4.08. The van der Waals surface area contributed by atoms with Crippen LogP contribution in [-0.4, -0.2) is 68.4 Å². The smallest absolute Gasteiger partial charge is 0.248 e. The minimum absolute atomic E-state index is 0.00207. The number of nitrogens with one attached hydrogen (secondary N) is 2. The number of halogens is 2. The molecule has 3 aliphatic heterocycles. The van der Waals surface area contributed by atoms with Crippen LogP contribution in [0.15, 0.2) is 42.5 Å². The molecule has 0 saturated carbocycles. The average molecular weight is 623 g/mol. The lowest BCUT2D eigenvalue weighted by Crippen LogP contribution is -2.53. The van der Waals surface area contributed by atoms with Gasteiger partial charge in [0.05, 0.1) is 40.5 Å². The van der Waals surface area contributed by atoms with E-state index in [-0.39, 0.29) is 41.0 Å². The lowest BCUT2D eigenvalue weighted by atomic mass is 9.70. The number of hydrogen-bond donors (Lipinski definition) is 3. The number of ether oxygens (including phenoxy) is 1. The van der Waals surface area contributed by atoms with Crippen molar-refractivity contribution >= 4 is 68.4 Å². The third-order valence-corrected chi connectivity index (χ3v) is 11.1. The van der Waals surface area contributed by atoms with Crippen LogP contribution in [0.3, 0.4) is 0 Å². The van der Waals surface area contributed by atoms with E-state index >= 15 is 0 Å². The average Bonchev–Trinajstić information content (AvgIpc) is 3.47. The van der Waals surface area contributed by atoms with E-state index in [0.717, 1.165) is 5.56 Å². The fraction of sp³-hybridized carbons (Fsp3) is 0.444. The number of aliphatic hydroxyl groups is 1. The molecule has 3 amide bonds. The van der Waals surface area contributed by atoms with Crippen LogP contribution in [0.5, 0.6) is 5.75 Å². The van der Waals surface area contributed by atoms with Gasteiger partial charge in [0, 0.05) is 22.3 Å². The molecule has 202 valence electrons. The second kappa shape index (κ2) is 10.7. The van der Waals surface area contributed by atoms with Crippen LogP contribution < -0.4 is 15.4 Å². The van der Waals surface area contributed by atoms with E-state index in [1.165, 1.54) is 16.7 Å². The zero-order valence-electron chi connectivity index (χ0n) is 20.9. The number of likely N-dealkylation sites (tertiary alicyclic amines) is 1. The number of anilines is 2. The Kier molecular flexibility index (Phi) is 7.70. The summed E-state index contributed by atoms with van der Waals surface area (Å²) in [4.78, 5) is 42.7. The minimum atomic E-state index is -0.860. The first kappa shape index (κ1) is 27.3. The Bertz CT molecular complexity index is 1240. The molecule has 2 aromatic rings. The fourth-order valence-corrected chi connectivity index (χ4v) is 9.97. The number of aliphatic hydroxyl groups excluding tert-OH is 1. The topological polar surface area (TPSA) is 108 Å². The number of nitrogens with zero attached hydrogens (tertiary/aromatic N) is 1. The fourth-order valence-electron chi connectivity index (χ4n) is 6.09. The number of aryl methyl sites for hydroxylation is 1. The summed E-state index contributed by atoms with van der Waals surface area (Å²) in [6.45, 7) is 4.00. The van der Waals surface area contributed by atoms with Gasteiger partial charge in [-0.2, -0.15) is 0 Å². The van der Waals surface area contributed by atoms with Gasteiger partial charge in [-0.15, -0.1) is 11.8 Å². The quantitative estimate of drug-likeness (QED) is 0.383. The molecule has 2 bridgehead atoms. The SMILES string of the molecule is CCOc1ccc(NC(=O)[C@H]2[C@@H]3SC4(CC3Br)C(C(=O)Nc3c(C)cccc3Cl)N(CCO)C(=O)[C@H]24)cc1. The number of amides is 3. The molecular weight excluding hydrogens is 594 g/mol. The van der Waals surface area contributed by atoms with Gasteiger partial charge >= 0.3 is 0 Å². The van der Waals surface area contributed by atoms with Crippen molar-refractivity contribution in [1.29, 1.82) is 0 Å². The summed E-state index contributed by atoms with van der Waals surface area (Å²) in [5, 5.41) is 15.9. The summed E-state index contributed by atoms with van der Waals surface area (Å²) in [5.74, 6) is -1.54. The summed E-state index contributed by atoms with van der Waals surface area (Å²) >= 11 is 11.7. The molecule has 3 unspecified atom stereocenters. The van der Waals surface area contributed by atoms with Gasteiger partial charge in [-0.05, 0) is 56.2 Å². The Morgan fingerprint density at radius 3 is 2.61 bits per heavy atom. The summed E-state index contributed by atoms with van der Waals surface area (Å²) < 4.78 is 4.66. The van der Waals surface area contributed by atoms with Crippen molar-refractivity contribution < 1.29 is 24.2 Å². The molecule has 3 N–H and O–H groups in total. The molecular formula is C27H29BrClN3O5S. The second-order valence-corrected chi connectivity index (χ2v) is 12.9. The first-order chi connectivity index (χ1) is 18.2. The van der Waals surface area contributed by atoms with E-state index in [1.807, 2.05) is 19.9 Å². The number of hydrogen-bond acceptors (Lipinski definition) is 6. The third kappa shape index (κ3) is 4.49. The Labute approximate surface area is 238 Å². The molecule has 0 aliphatic carbocycles.